The summed E-state index contributed by atoms with van der Waals surface area (Å²) in [6.45, 7) is 0.859. The van der Waals surface area contributed by atoms with Gasteiger partial charge in [0.15, 0.2) is 5.69 Å². The molecule has 31 heavy (non-hydrogen) atoms. The largest absolute Gasteiger partial charge is 0.331 e. The topological polar surface area (TPSA) is 97.1 Å². The number of amides is 2. The third-order valence-corrected chi connectivity index (χ3v) is 5.74. The van der Waals surface area contributed by atoms with Gasteiger partial charge >= 0.3 is 0 Å². The zero-order valence-electron chi connectivity index (χ0n) is 16.6. The highest BCUT2D eigenvalue weighted by atomic mass is 19.1. The smallest absolute Gasteiger partial charge is 0.280 e. The summed E-state index contributed by atoms with van der Waals surface area (Å²) in [7, 11) is 0. The van der Waals surface area contributed by atoms with Crippen LogP contribution in [0.15, 0.2) is 48.9 Å². The van der Waals surface area contributed by atoms with Crippen LogP contribution in [0.1, 0.15) is 32.8 Å². The molecule has 2 aliphatic rings. The number of para-hydroxylation sites is 1. The molecule has 3 aromatic rings. The second kappa shape index (κ2) is 7.86. The summed E-state index contributed by atoms with van der Waals surface area (Å²) < 4.78 is 15.7. The van der Waals surface area contributed by atoms with Crippen LogP contribution in [0.3, 0.4) is 0 Å². The maximum Gasteiger partial charge on any atom is 0.280 e. The van der Waals surface area contributed by atoms with Crippen molar-refractivity contribution in [3.05, 3.63) is 65.7 Å². The second-order valence-corrected chi connectivity index (χ2v) is 7.74. The van der Waals surface area contributed by atoms with E-state index in [9.17, 15) is 14.0 Å². The summed E-state index contributed by atoms with van der Waals surface area (Å²) in [6, 6.07) is 8.95. The van der Waals surface area contributed by atoms with Crippen LogP contribution in [0, 0.1) is 0 Å². The predicted octanol–water partition coefficient (Wildman–Crippen LogP) is 1.52. The summed E-state index contributed by atoms with van der Waals surface area (Å²) in [5.74, 6) is -0.521. The number of anilines is 1. The van der Waals surface area contributed by atoms with Crippen LogP contribution in [0.5, 0.6) is 0 Å². The highest BCUT2D eigenvalue weighted by molar-refractivity contribution is 6.05. The molecule has 10 heteroatoms. The molecule has 1 fully saturated rings. The molecule has 0 spiro atoms. The van der Waals surface area contributed by atoms with Crippen LogP contribution in [0.2, 0.25) is 0 Å². The lowest BCUT2D eigenvalue weighted by Gasteiger charge is -2.24. The summed E-state index contributed by atoms with van der Waals surface area (Å²) in [5.41, 5.74) is 2.60. The predicted molar refractivity (Wildman–Crippen MR) is 108 cm³/mol. The number of rotatable bonds is 4. The Morgan fingerprint density at radius 3 is 2.84 bits per heavy atom. The molecule has 0 bridgehead atoms. The number of aromatic nitrogens is 5. The van der Waals surface area contributed by atoms with Crippen LogP contribution in [0.25, 0.3) is 0 Å². The van der Waals surface area contributed by atoms with Gasteiger partial charge in [-0.05, 0) is 24.1 Å². The lowest BCUT2D eigenvalue weighted by molar-refractivity contribution is 0.0713. The molecule has 0 aliphatic carbocycles. The zero-order valence-corrected chi connectivity index (χ0v) is 16.6. The van der Waals surface area contributed by atoms with Gasteiger partial charge in [-0.15, -0.1) is 5.10 Å². The SMILES string of the molecule is O=C(c1cn(CC2CC(F)CN2C(=O)c2ccnnc2)nn1)N1CCc2ccccc21. The Morgan fingerprint density at radius 1 is 1.13 bits per heavy atom. The van der Waals surface area contributed by atoms with E-state index in [1.54, 1.807) is 17.2 Å². The quantitative estimate of drug-likeness (QED) is 0.634. The lowest BCUT2D eigenvalue weighted by atomic mass is 10.2. The maximum atomic E-state index is 14.2. The normalized spacial score (nSPS) is 20.2. The van der Waals surface area contributed by atoms with Crippen molar-refractivity contribution in [2.75, 3.05) is 18.0 Å². The van der Waals surface area contributed by atoms with Gasteiger partial charge in [-0.3, -0.25) is 9.59 Å². The van der Waals surface area contributed by atoms with Crippen molar-refractivity contribution < 1.29 is 14.0 Å². The number of fused-ring (bicyclic) bond motifs is 1. The van der Waals surface area contributed by atoms with Gasteiger partial charge in [-0.25, -0.2) is 9.07 Å². The average Bonchev–Trinajstić information content (AvgIpc) is 3.52. The Labute approximate surface area is 177 Å². The van der Waals surface area contributed by atoms with E-state index in [2.05, 4.69) is 20.5 Å². The molecule has 158 valence electrons. The number of nitrogens with zero attached hydrogens (tertiary/aromatic N) is 7. The Balaban J connectivity index is 1.31. The van der Waals surface area contributed by atoms with Gasteiger partial charge in [0.1, 0.15) is 6.17 Å². The Kier molecular flexibility index (Phi) is 4.89. The lowest BCUT2D eigenvalue weighted by Crippen LogP contribution is -2.38. The van der Waals surface area contributed by atoms with Gasteiger partial charge in [0.2, 0.25) is 0 Å². The summed E-state index contributed by atoms with van der Waals surface area (Å²) in [6.07, 6.45) is 4.24. The second-order valence-electron chi connectivity index (χ2n) is 7.74. The number of likely N-dealkylation sites (tertiary alicyclic amines) is 1. The molecule has 0 saturated carbocycles. The van der Waals surface area contributed by atoms with Crippen LogP contribution in [-0.2, 0) is 13.0 Å². The minimum Gasteiger partial charge on any atom is -0.331 e. The van der Waals surface area contributed by atoms with E-state index in [0.717, 1.165) is 17.7 Å². The number of hydrogen-bond acceptors (Lipinski definition) is 6. The third-order valence-electron chi connectivity index (χ3n) is 5.74. The first-order valence-corrected chi connectivity index (χ1v) is 10.1. The van der Waals surface area contributed by atoms with Crippen LogP contribution in [0.4, 0.5) is 10.1 Å². The molecule has 2 amide bonds. The van der Waals surface area contributed by atoms with Crippen molar-refractivity contribution in [3.63, 3.8) is 0 Å². The van der Waals surface area contributed by atoms with Gasteiger partial charge in [0.25, 0.3) is 11.8 Å². The van der Waals surface area contributed by atoms with Crippen LogP contribution in [-0.4, -0.2) is 67.2 Å². The molecular weight excluding hydrogens is 401 g/mol. The third kappa shape index (κ3) is 3.65. The Hall–Kier alpha value is -3.69. The Bertz CT molecular complexity index is 1120. The molecule has 2 atom stereocenters. The van der Waals surface area contributed by atoms with E-state index in [4.69, 9.17) is 0 Å². The molecule has 4 heterocycles. The van der Waals surface area contributed by atoms with Crippen molar-refractivity contribution in [1.29, 1.82) is 0 Å². The van der Waals surface area contributed by atoms with Crippen molar-refractivity contribution in [2.24, 2.45) is 0 Å². The summed E-state index contributed by atoms with van der Waals surface area (Å²) >= 11 is 0. The fourth-order valence-corrected chi connectivity index (χ4v) is 4.25. The number of alkyl halides is 1. The van der Waals surface area contributed by atoms with Gasteiger partial charge < -0.3 is 9.80 Å². The number of carbonyl (C=O) groups is 2. The van der Waals surface area contributed by atoms with Gasteiger partial charge in [0, 0.05) is 18.7 Å². The molecule has 9 nitrogen and oxygen atoms in total. The van der Waals surface area contributed by atoms with E-state index in [1.165, 1.54) is 22.0 Å². The fraction of sp³-hybridized carbons (Fsp3) is 0.333. The monoisotopic (exact) mass is 421 g/mol. The molecule has 2 aromatic heterocycles. The first-order chi connectivity index (χ1) is 15.1. The molecule has 0 N–H and O–H groups in total. The molecule has 2 aliphatic heterocycles. The Morgan fingerprint density at radius 2 is 2.00 bits per heavy atom. The van der Waals surface area contributed by atoms with Crippen molar-refractivity contribution in [3.8, 4) is 0 Å². The van der Waals surface area contributed by atoms with Crippen molar-refractivity contribution in [2.45, 2.75) is 31.6 Å². The number of carbonyl (C=O) groups excluding carboxylic acids is 2. The molecular formula is C21H20FN7O2. The molecule has 1 saturated heterocycles. The first kappa shape index (κ1) is 19.3. The number of benzene rings is 1. The summed E-state index contributed by atoms with van der Waals surface area (Å²) in [4.78, 5) is 28.9. The van der Waals surface area contributed by atoms with Gasteiger partial charge in [0.05, 0.1) is 43.3 Å². The van der Waals surface area contributed by atoms with Crippen molar-refractivity contribution >= 4 is 17.5 Å². The highest BCUT2D eigenvalue weighted by Crippen LogP contribution is 2.28. The zero-order chi connectivity index (χ0) is 21.4. The van der Waals surface area contributed by atoms with Crippen LogP contribution < -0.4 is 4.90 Å². The van der Waals surface area contributed by atoms with Gasteiger partial charge in [-0.1, -0.05) is 23.4 Å². The minimum atomic E-state index is -1.12. The van der Waals surface area contributed by atoms with Gasteiger partial charge in [-0.2, -0.15) is 10.2 Å². The van der Waals surface area contributed by atoms with Crippen molar-refractivity contribution in [1.82, 2.24) is 30.1 Å². The first-order valence-electron chi connectivity index (χ1n) is 10.1. The van der Waals surface area contributed by atoms with E-state index < -0.39 is 12.2 Å². The molecule has 5 rings (SSSR count). The average molecular weight is 421 g/mol. The van der Waals surface area contributed by atoms with E-state index in [0.29, 0.717) is 12.1 Å². The highest BCUT2D eigenvalue weighted by Gasteiger charge is 2.36. The maximum absolute atomic E-state index is 14.2. The standard InChI is InChI=1S/C21H20FN7O2/c22-16-9-17(29(11-16)20(30)15-5-7-23-24-10-15)12-27-13-18(25-26-27)21(31)28-8-6-14-3-1-2-4-19(14)28/h1-5,7,10,13,16-17H,6,8-9,11-12H2. The molecule has 0 radical (unpaired) electrons. The number of hydrogen-bond donors (Lipinski definition) is 0. The fourth-order valence-electron chi connectivity index (χ4n) is 4.25. The van der Waals surface area contributed by atoms with E-state index >= 15 is 0 Å². The minimum absolute atomic E-state index is 0.0108. The van der Waals surface area contributed by atoms with E-state index in [1.807, 2.05) is 24.3 Å². The number of halogens is 1. The van der Waals surface area contributed by atoms with E-state index in [-0.39, 0.29) is 37.0 Å². The molecule has 2 unspecified atom stereocenters. The summed E-state index contributed by atoms with van der Waals surface area (Å²) in [5, 5.41) is 15.5. The van der Waals surface area contributed by atoms with Crippen LogP contribution >= 0.6 is 0 Å². The molecule has 1 aromatic carbocycles.